The Balaban J connectivity index is 2.35. The van der Waals surface area contributed by atoms with Crippen LogP contribution in [0.1, 0.15) is 18.9 Å². The molecule has 1 aromatic heterocycles. The number of aromatic nitrogens is 2. The standard InChI is InChI=1S/C6H7ClN2O2S/c7-12(10,11)6-3-9(4-8-6)5-1-2-5/h3-5H,1-2H2. The molecular formula is C6H7ClN2O2S. The van der Waals surface area contributed by atoms with Crippen molar-refractivity contribution >= 4 is 19.7 Å². The third-order valence-corrected chi connectivity index (χ3v) is 2.98. The van der Waals surface area contributed by atoms with E-state index in [-0.39, 0.29) is 5.03 Å². The molecule has 1 aliphatic rings. The molecule has 0 unspecified atom stereocenters. The Hall–Kier alpha value is -0.550. The highest BCUT2D eigenvalue weighted by atomic mass is 35.7. The third kappa shape index (κ3) is 1.47. The summed E-state index contributed by atoms with van der Waals surface area (Å²) in [7, 11) is 1.45. The fourth-order valence-corrected chi connectivity index (χ4v) is 1.68. The molecule has 0 spiro atoms. The van der Waals surface area contributed by atoms with Gasteiger partial charge in [-0.05, 0) is 12.8 Å². The second-order valence-corrected chi connectivity index (χ2v) is 5.34. The highest BCUT2D eigenvalue weighted by molar-refractivity contribution is 8.13. The molecule has 2 rings (SSSR count). The Labute approximate surface area is 74.6 Å². The Morgan fingerprint density at radius 2 is 2.25 bits per heavy atom. The Morgan fingerprint density at radius 1 is 1.58 bits per heavy atom. The van der Waals surface area contributed by atoms with Gasteiger partial charge in [0.25, 0.3) is 9.05 Å². The van der Waals surface area contributed by atoms with Crippen LogP contribution in [0.5, 0.6) is 0 Å². The number of rotatable bonds is 2. The van der Waals surface area contributed by atoms with E-state index in [2.05, 4.69) is 4.98 Å². The summed E-state index contributed by atoms with van der Waals surface area (Å²) >= 11 is 0. The van der Waals surface area contributed by atoms with E-state index in [0.29, 0.717) is 6.04 Å². The molecule has 4 nitrogen and oxygen atoms in total. The van der Waals surface area contributed by atoms with Crippen LogP contribution in [0.3, 0.4) is 0 Å². The maximum atomic E-state index is 10.8. The molecule has 0 radical (unpaired) electrons. The topological polar surface area (TPSA) is 52.0 Å². The molecule has 6 heteroatoms. The average Bonchev–Trinajstić information content (AvgIpc) is 2.66. The number of hydrogen-bond donors (Lipinski definition) is 0. The number of halogens is 1. The van der Waals surface area contributed by atoms with E-state index in [9.17, 15) is 8.42 Å². The molecule has 1 heterocycles. The minimum atomic E-state index is -3.65. The molecule has 1 saturated carbocycles. The normalized spacial score (nSPS) is 18.1. The summed E-state index contributed by atoms with van der Waals surface area (Å²) in [5.41, 5.74) is 0. The maximum Gasteiger partial charge on any atom is 0.280 e. The molecule has 0 aliphatic heterocycles. The lowest BCUT2D eigenvalue weighted by atomic mass is 10.7. The van der Waals surface area contributed by atoms with Crippen LogP contribution in [0.25, 0.3) is 0 Å². The van der Waals surface area contributed by atoms with Gasteiger partial charge in [-0.15, -0.1) is 0 Å². The monoisotopic (exact) mass is 206 g/mol. The van der Waals surface area contributed by atoms with Crippen molar-refractivity contribution in [1.29, 1.82) is 0 Å². The van der Waals surface area contributed by atoms with Crippen LogP contribution in [0.15, 0.2) is 17.6 Å². The van der Waals surface area contributed by atoms with Crippen LogP contribution in [0.2, 0.25) is 0 Å². The summed E-state index contributed by atoms with van der Waals surface area (Å²) in [5, 5.41) is -0.0592. The average molecular weight is 207 g/mol. The minimum absolute atomic E-state index is 0.0592. The number of hydrogen-bond acceptors (Lipinski definition) is 3. The summed E-state index contributed by atoms with van der Waals surface area (Å²) in [6.45, 7) is 0. The van der Waals surface area contributed by atoms with E-state index in [4.69, 9.17) is 10.7 Å². The van der Waals surface area contributed by atoms with Crippen molar-refractivity contribution in [2.75, 3.05) is 0 Å². The smallest absolute Gasteiger partial charge is 0.280 e. The van der Waals surface area contributed by atoms with Gasteiger partial charge in [-0.25, -0.2) is 13.4 Å². The zero-order valence-electron chi connectivity index (χ0n) is 6.14. The molecule has 1 aromatic rings. The van der Waals surface area contributed by atoms with Crippen molar-refractivity contribution in [3.63, 3.8) is 0 Å². The second kappa shape index (κ2) is 2.47. The van der Waals surface area contributed by atoms with Gasteiger partial charge in [0, 0.05) is 22.9 Å². The van der Waals surface area contributed by atoms with Crippen LogP contribution < -0.4 is 0 Å². The van der Waals surface area contributed by atoms with Crippen LogP contribution in [-0.4, -0.2) is 18.0 Å². The van der Waals surface area contributed by atoms with Gasteiger partial charge in [-0.1, -0.05) is 0 Å². The third-order valence-electron chi connectivity index (χ3n) is 1.80. The molecule has 0 atom stereocenters. The number of nitrogens with zero attached hydrogens (tertiary/aromatic N) is 2. The van der Waals surface area contributed by atoms with E-state index in [1.807, 2.05) is 0 Å². The van der Waals surface area contributed by atoms with Crippen LogP contribution in [0, 0.1) is 0 Å². The molecule has 66 valence electrons. The lowest BCUT2D eigenvalue weighted by molar-refractivity contribution is 0.606. The van der Waals surface area contributed by atoms with Gasteiger partial charge in [0.15, 0.2) is 5.03 Å². The molecule has 0 bridgehead atoms. The molecule has 0 amide bonds. The lowest BCUT2D eigenvalue weighted by Crippen LogP contribution is -1.90. The molecule has 0 saturated heterocycles. The van der Waals surface area contributed by atoms with E-state index < -0.39 is 9.05 Å². The Bertz CT molecular complexity index is 393. The molecule has 1 aliphatic carbocycles. The van der Waals surface area contributed by atoms with Gasteiger partial charge in [-0.3, -0.25) is 0 Å². The largest absolute Gasteiger partial charge is 0.333 e. The highest BCUT2D eigenvalue weighted by Gasteiger charge is 2.25. The molecule has 0 N–H and O–H groups in total. The van der Waals surface area contributed by atoms with Crippen LogP contribution >= 0.6 is 10.7 Å². The van der Waals surface area contributed by atoms with E-state index in [0.717, 1.165) is 12.8 Å². The van der Waals surface area contributed by atoms with Gasteiger partial charge < -0.3 is 4.57 Å². The van der Waals surface area contributed by atoms with Gasteiger partial charge in [0.05, 0.1) is 6.33 Å². The lowest BCUT2D eigenvalue weighted by Gasteiger charge is -1.92. The molecule has 12 heavy (non-hydrogen) atoms. The van der Waals surface area contributed by atoms with Gasteiger partial charge in [0.2, 0.25) is 0 Å². The van der Waals surface area contributed by atoms with Gasteiger partial charge in [-0.2, -0.15) is 0 Å². The van der Waals surface area contributed by atoms with E-state index >= 15 is 0 Å². The zero-order chi connectivity index (χ0) is 8.77. The van der Waals surface area contributed by atoms with Crippen LogP contribution in [-0.2, 0) is 9.05 Å². The summed E-state index contributed by atoms with van der Waals surface area (Å²) in [5.74, 6) is 0. The number of imidazole rings is 1. The summed E-state index contributed by atoms with van der Waals surface area (Å²) in [6.07, 6.45) is 5.17. The predicted octanol–water partition coefficient (Wildman–Crippen LogP) is 1.15. The molecule has 1 fully saturated rings. The SMILES string of the molecule is O=S(=O)(Cl)c1cn(C2CC2)cn1. The second-order valence-electron chi connectivity index (χ2n) is 2.83. The molecule has 0 aromatic carbocycles. The van der Waals surface area contributed by atoms with Crippen molar-refractivity contribution in [2.45, 2.75) is 23.9 Å². The van der Waals surface area contributed by atoms with Crippen molar-refractivity contribution < 1.29 is 8.42 Å². The molecular weight excluding hydrogens is 200 g/mol. The van der Waals surface area contributed by atoms with Crippen molar-refractivity contribution in [2.24, 2.45) is 0 Å². The maximum absolute atomic E-state index is 10.8. The Kier molecular flexibility index (Phi) is 1.66. The Morgan fingerprint density at radius 3 is 2.67 bits per heavy atom. The fourth-order valence-electron chi connectivity index (χ4n) is 1.02. The quantitative estimate of drug-likeness (QED) is 0.682. The predicted molar refractivity (Wildman–Crippen MR) is 43.5 cm³/mol. The highest BCUT2D eigenvalue weighted by Crippen LogP contribution is 2.35. The minimum Gasteiger partial charge on any atom is -0.333 e. The first-order chi connectivity index (χ1) is 5.57. The summed E-state index contributed by atoms with van der Waals surface area (Å²) < 4.78 is 23.3. The first-order valence-electron chi connectivity index (χ1n) is 3.55. The van der Waals surface area contributed by atoms with Crippen molar-refractivity contribution in [1.82, 2.24) is 9.55 Å². The summed E-state index contributed by atoms with van der Waals surface area (Å²) in [6, 6.07) is 0.435. The first-order valence-corrected chi connectivity index (χ1v) is 5.86. The van der Waals surface area contributed by atoms with E-state index in [1.54, 1.807) is 4.57 Å². The van der Waals surface area contributed by atoms with E-state index in [1.165, 1.54) is 12.5 Å². The van der Waals surface area contributed by atoms with Crippen molar-refractivity contribution in [3.8, 4) is 0 Å². The summed E-state index contributed by atoms with van der Waals surface area (Å²) in [4.78, 5) is 3.69. The first kappa shape index (κ1) is 8.07. The van der Waals surface area contributed by atoms with Crippen LogP contribution in [0.4, 0.5) is 0 Å². The van der Waals surface area contributed by atoms with Gasteiger partial charge >= 0.3 is 0 Å². The van der Waals surface area contributed by atoms with Gasteiger partial charge in [0.1, 0.15) is 0 Å². The zero-order valence-corrected chi connectivity index (χ0v) is 7.72. The van der Waals surface area contributed by atoms with Crippen molar-refractivity contribution in [3.05, 3.63) is 12.5 Å². The fraction of sp³-hybridized carbons (Fsp3) is 0.500.